The molecule has 1 amide bonds. The van der Waals surface area contributed by atoms with E-state index in [1.807, 2.05) is 6.07 Å². The van der Waals surface area contributed by atoms with Crippen LogP contribution in [0.15, 0.2) is 18.2 Å². The third-order valence-corrected chi connectivity index (χ3v) is 8.13. The number of hydrogen-bond donors (Lipinski definition) is 1. The molecule has 0 bridgehead atoms. The quantitative estimate of drug-likeness (QED) is 0.661. The predicted octanol–water partition coefficient (Wildman–Crippen LogP) is 4.79. The Kier molecular flexibility index (Phi) is 6.84. The van der Waals surface area contributed by atoms with Crippen LogP contribution in [0, 0.1) is 5.92 Å². The van der Waals surface area contributed by atoms with Crippen LogP contribution in [-0.2, 0) is 17.6 Å². The maximum Gasteiger partial charge on any atom is 0.253 e. The number of piperidine rings is 2. The lowest BCUT2D eigenvalue weighted by Crippen LogP contribution is -2.52. The molecule has 3 heterocycles. The lowest BCUT2D eigenvalue weighted by Gasteiger charge is -2.45. The van der Waals surface area contributed by atoms with Crippen LogP contribution in [0.25, 0.3) is 10.9 Å². The number of carbonyl (C=O) groups excluding carboxylic acids is 1. The third-order valence-electron chi connectivity index (χ3n) is 8.13. The van der Waals surface area contributed by atoms with Gasteiger partial charge in [0.05, 0.1) is 6.61 Å². The highest BCUT2D eigenvalue weighted by Gasteiger charge is 2.34. The average Bonchev–Trinajstić information content (AvgIpc) is 3.00. The Bertz CT molecular complexity index is 934. The predicted molar refractivity (Wildman–Crippen MR) is 129 cm³/mol. The van der Waals surface area contributed by atoms with Crippen molar-refractivity contribution < 1.29 is 9.53 Å². The van der Waals surface area contributed by atoms with Crippen LogP contribution in [0.1, 0.15) is 73.0 Å². The van der Waals surface area contributed by atoms with E-state index in [-0.39, 0.29) is 5.91 Å². The molecular formula is C27H39N3O2. The van der Waals surface area contributed by atoms with Gasteiger partial charge in [-0.3, -0.25) is 4.79 Å². The van der Waals surface area contributed by atoms with E-state index in [1.54, 1.807) is 7.11 Å². The summed E-state index contributed by atoms with van der Waals surface area (Å²) in [4.78, 5) is 22.1. The monoisotopic (exact) mass is 437 g/mol. The van der Waals surface area contributed by atoms with Gasteiger partial charge in [0.2, 0.25) is 0 Å². The number of benzene rings is 1. The minimum atomic E-state index is 0.167. The zero-order valence-corrected chi connectivity index (χ0v) is 19.7. The van der Waals surface area contributed by atoms with Gasteiger partial charge in [0.1, 0.15) is 0 Å². The second-order valence-electron chi connectivity index (χ2n) is 10.1. The van der Waals surface area contributed by atoms with Gasteiger partial charge in [-0.05, 0) is 94.1 Å². The zero-order valence-electron chi connectivity index (χ0n) is 19.7. The molecule has 1 aliphatic carbocycles. The minimum absolute atomic E-state index is 0.167. The fraction of sp³-hybridized carbons (Fsp3) is 0.667. The molecule has 0 saturated carbocycles. The number of nitrogens with zero attached hydrogens (tertiary/aromatic N) is 2. The largest absolute Gasteiger partial charge is 0.383 e. The van der Waals surface area contributed by atoms with Crippen molar-refractivity contribution >= 4 is 16.8 Å². The topological polar surface area (TPSA) is 48.6 Å². The molecule has 2 aromatic rings. The summed E-state index contributed by atoms with van der Waals surface area (Å²) in [6, 6.07) is 6.95. The van der Waals surface area contributed by atoms with Crippen molar-refractivity contribution in [2.45, 2.75) is 70.3 Å². The second-order valence-corrected chi connectivity index (χ2v) is 10.1. The highest BCUT2D eigenvalue weighted by atomic mass is 16.5. The number of amides is 1. The van der Waals surface area contributed by atoms with E-state index in [0.717, 1.165) is 24.9 Å². The summed E-state index contributed by atoms with van der Waals surface area (Å²) in [5, 5.41) is 1.26. The number of carbonyl (C=O) groups is 1. The highest BCUT2D eigenvalue weighted by Crippen LogP contribution is 2.32. The van der Waals surface area contributed by atoms with Gasteiger partial charge >= 0.3 is 0 Å². The first-order chi connectivity index (χ1) is 15.7. The number of rotatable bonds is 6. The minimum Gasteiger partial charge on any atom is -0.383 e. The van der Waals surface area contributed by atoms with Crippen LogP contribution in [0.3, 0.4) is 0 Å². The number of H-pyrrole nitrogens is 1. The molecular weight excluding hydrogens is 398 g/mol. The van der Waals surface area contributed by atoms with Crippen molar-refractivity contribution in [3.63, 3.8) is 0 Å². The molecule has 1 aromatic carbocycles. The van der Waals surface area contributed by atoms with Gasteiger partial charge in [-0.2, -0.15) is 0 Å². The molecule has 2 saturated heterocycles. The number of aromatic amines is 1. The Morgan fingerprint density at radius 3 is 2.88 bits per heavy atom. The van der Waals surface area contributed by atoms with Gasteiger partial charge in [-0.1, -0.05) is 12.8 Å². The zero-order chi connectivity index (χ0) is 21.9. The van der Waals surface area contributed by atoms with E-state index in [9.17, 15) is 4.79 Å². The molecule has 174 valence electrons. The molecule has 0 radical (unpaired) electrons. The molecule has 2 aliphatic heterocycles. The highest BCUT2D eigenvalue weighted by molar-refractivity contribution is 5.99. The Labute approximate surface area is 192 Å². The average molecular weight is 438 g/mol. The normalized spacial score (nSPS) is 24.0. The molecule has 2 atom stereocenters. The number of ether oxygens (including phenoxy) is 1. The molecule has 5 nitrogen and oxygen atoms in total. The summed E-state index contributed by atoms with van der Waals surface area (Å²) in [6.45, 7) is 4.59. The van der Waals surface area contributed by atoms with Gasteiger partial charge < -0.3 is 19.5 Å². The van der Waals surface area contributed by atoms with Gasteiger partial charge in [0, 0.05) is 48.4 Å². The number of nitrogens with one attached hydrogen (secondary N) is 1. The van der Waals surface area contributed by atoms with Crippen molar-refractivity contribution in [2.75, 3.05) is 39.9 Å². The van der Waals surface area contributed by atoms with Crippen LogP contribution < -0.4 is 0 Å². The summed E-state index contributed by atoms with van der Waals surface area (Å²) in [5.41, 5.74) is 4.84. The standard InChI is InChI=1S/C27H39N3O2/c1-32-17-16-30(19-21-8-7-15-29-14-6-5-11-26(21)29)27(31)20-12-13-25-23(18-20)22-9-3-2-4-10-24(22)28-25/h12-13,18,21,26,28H,2-11,14-17,19H2,1H3/t21-,26+/m0/s1. The molecule has 0 spiro atoms. The Hall–Kier alpha value is -1.85. The number of hydrogen-bond acceptors (Lipinski definition) is 3. The fourth-order valence-electron chi connectivity index (χ4n) is 6.45. The lowest BCUT2D eigenvalue weighted by molar-refractivity contribution is 0.0315. The van der Waals surface area contributed by atoms with E-state index < -0.39 is 0 Å². The smallest absolute Gasteiger partial charge is 0.253 e. The first-order valence-electron chi connectivity index (χ1n) is 12.9. The van der Waals surface area contributed by atoms with Crippen molar-refractivity contribution in [1.29, 1.82) is 0 Å². The Balaban J connectivity index is 1.38. The molecule has 2 fully saturated rings. The summed E-state index contributed by atoms with van der Waals surface area (Å²) in [6.07, 6.45) is 12.5. The summed E-state index contributed by atoms with van der Waals surface area (Å²) >= 11 is 0. The van der Waals surface area contributed by atoms with Crippen molar-refractivity contribution in [1.82, 2.24) is 14.8 Å². The van der Waals surface area contributed by atoms with Gasteiger partial charge in [-0.15, -0.1) is 0 Å². The van der Waals surface area contributed by atoms with Gasteiger partial charge in [0.15, 0.2) is 0 Å². The van der Waals surface area contributed by atoms with E-state index in [1.165, 1.54) is 86.6 Å². The van der Waals surface area contributed by atoms with Crippen LogP contribution in [-0.4, -0.2) is 66.6 Å². The van der Waals surface area contributed by atoms with Crippen LogP contribution in [0.4, 0.5) is 0 Å². The summed E-state index contributed by atoms with van der Waals surface area (Å²) < 4.78 is 5.39. The molecule has 32 heavy (non-hydrogen) atoms. The maximum atomic E-state index is 13.7. The third kappa shape index (κ3) is 4.47. The van der Waals surface area contributed by atoms with Crippen molar-refractivity contribution in [3.05, 3.63) is 35.0 Å². The van der Waals surface area contributed by atoms with E-state index in [2.05, 4.69) is 26.9 Å². The summed E-state index contributed by atoms with van der Waals surface area (Å²) in [5.74, 6) is 0.748. The molecule has 1 aromatic heterocycles. The van der Waals surface area contributed by atoms with E-state index in [4.69, 9.17) is 4.74 Å². The number of aryl methyl sites for hydroxylation is 2. The van der Waals surface area contributed by atoms with Crippen LogP contribution in [0.5, 0.6) is 0 Å². The second kappa shape index (κ2) is 9.96. The molecule has 0 unspecified atom stereocenters. The Morgan fingerprint density at radius 1 is 1.09 bits per heavy atom. The van der Waals surface area contributed by atoms with E-state index in [0.29, 0.717) is 25.1 Å². The lowest BCUT2D eigenvalue weighted by atomic mass is 9.83. The Morgan fingerprint density at radius 2 is 1.97 bits per heavy atom. The van der Waals surface area contributed by atoms with Crippen LogP contribution >= 0.6 is 0 Å². The first-order valence-corrected chi connectivity index (χ1v) is 12.9. The van der Waals surface area contributed by atoms with Crippen molar-refractivity contribution in [2.24, 2.45) is 5.92 Å². The van der Waals surface area contributed by atoms with E-state index >= 15 is 0 Å². The van der Waals surface area contributed by atoms with Gasteiger partial charge in [-0.25, -0.2) is 0 Å². The SMILES string of the molecule is COCCN(C[C@@H]1CCCN2CCCC[C@H]12)C(=O)c1ccc2[nH]c3c(c2c1)CCCCC3. The van der Waals surface area contributed by atoms with Gasteiger partial charge in [0.25, 0.3) is 5.91 Å². The first kappa shape index (κ1) is 22.0. The number of aromatic nitrogens is 1. The molecule has 1 N–H and O–H groups in total. The molecule has 5 rings (SSSR count). The number of fused-ring (bicyclic) bond motifs is 4. The molecule has 5 heteroatoms. The molecule has 3 aliphatic rings. The van der Waals surface area contributed by atoms with Crippen molar-refractivity contribution in [3.8, 4) is 0 Å². The fourth-order valence-corrected chi connectivity index (χ4v) is 6.45. The van der Waals surface area contributed by atoms with Crippen LogP contribution in [0.2, 0.25) is 0 Å². The number of methoxy groups -OCH3 is 1. The maximum absolute atomic E-state index is 13.7. The summed E-state index contributed by atoms with van der Waals surface area (Å²) in [7, 11) is 1.73.